The van der Waals surface area contributed by atoms with Crippen molar-refractivity contribution in [1.29, 1.82) is 0 Å². The molecule has 1 amide bonds. The number of nitrogens with one attached hydrogen (secondary N) is 1. The molecule has 0 aliphatic carbocycles. The minimum absolute atomic E-state index is 0.0562. The second-order valence-corrected chi connectivity index (χ2v) is 7.30. The van der Waals surface area contributed by atoms with Crippen LogP contribution in [0.3, 0.4) is 0 Å². The SMILES string of the molecule is Cc1ccccc1Nc1ccc(C(=O)N2CCN(Cc3ccccc3)CC2)nn1. The monoisotopic (exact) mass is 387 g/mol. The van der Waals surface area contributed by atoms with Crippen molar-refractivity contribution >= 4 is 17.4 Å². The van der Waals surface area contributed by atoms with Crippen LogP contribution >= 0.6 is 0 Å². The molecule has 6 nitrogen and oxygen atoms in total. The number of benzene rings is 2. The molecule has 0 atom stereocenters. The number of para-hydroxylation sites is 1. The van der Waals surface area contributed by atoms with E-state index in [1.165, 1.54) is 5.56 Å². The Kier molecular flexibility index (Phi) is 5.81. The fourth-order valence-electron chi connectivity index (χ4n) is 3.48. The molecule has 3 aromatic rings. The summed E-state index contributed by atoms with van der Waals surface area (Å²) in [5.41, 5.74) is 3.80. The number of nitrogens with zero attached hydrogens (tertiary/aromatic N) is 4. The number of hydrogen-bond acceptors (Lipinski definition) is 5. The predicted octanol–water partition coefficient (Wildman–Crippen LogP) is 3.49. The van der Waals surface area contributed by atoms with Gasteiger partial charge in [-0.05, 0) is 36.2 Å². The molecule has 1 N–H and O–H groups in total. The van der Waals surface area contributed by atoms with Crippen LogP contribution < -0.4 is 5.32 Å². The molecule has 4 rings (SSSR count). The zero-order valence-electron chi connectivity index (χ0n) is 16.6. The van der Waals surface area contributed by atoms with E-state index in [4.69, 9.17) is 0 Å². The van der Waals surface area contributed by atoms with Crippen LogP contribution in [0.1, 0.15) is 21.6 Å². The number of aromatic nitrogens is 2. The van der Waals surface area contributed by atoms with Gasteiger partial charge >= 0.3 is 0 Å². The van der Waals surface area contributed by atoms with Crippen molar-refractivity contribution in [3.8, 4) is 0 Å². The number of aryl methyl sites for hydroxylation is 1. The van der Waals surface area contributed by atoms with E-state index in [2.05, 4.69) is 44.7 Å². The van der Waals surface area contributed by atoms with Gasteiger partial charge in [0.25, 0.3) is 5.91 Å². The van der Waals surface area contributed by atoms with Crippen molar-refractivity contribution in [2.45, 2.75) is 13.5 Å². The zero-order chi connectivity index (χ0) is 20.1. The number of piperazine rings is 1. The summed E-state index contributed by atoms with van der Waals surface area (Å²) in [6.45, 7) is 6.09. The Hall–Kier alpha value is -3.25. The number of rotatable bonds is 5. The molecule has 1 aromatic heterocycles. The largest absolute Gasteiger partial charge is 0.339 e. The van der Waals surface area contributed by atoms with Gasteiger partial charge < -0.3 is 10.2 Å². The molecule has 0 bridgehead atoms. The lowest BCUT2D eigenvalue weighted by Gasteiger charge is -2.34. The summed E-state index contributed by atoms with van der Waals surface area (Å²) >= 11 is 0. The van der Waals surface area contributed by atoms with Crippen molar-refractivity contribution in [3.63, 3.8) is 0 Å². The highest BCUT2D eigenvalue weighted by Crippen LogP contribution is 2.18. The maximum Gasteiger partial charge on any atom is 0.274 e. The zero-order valence-corrected chi connectivity index (χ0v) is 16.6. The van der Waals surface area contributed by atoms with E-state index >= 15 is 0 Å². The van der Waals surface area contributed by atoms with Gasteiger partial charge in [-0.15, -0.1) is 10.2 Å². The van der Waals surface area contributed by atoms with Crippen molar-refractivity contribution in [2.75, 3.05) is 31.5 Å². The molecule has 2 aromatic carbocycles. The van der Waals surface area contributed by atoms with E-state index in [1.807, 2.05) is 42.2 Å². The first kappa shape index (κ1) is 19.1. The Balaban J connectivity index is 1.32. The highest BCUT2D eigenvalue weighted by atomic mass is 16.2. The van der Waals surface area contributed by atoms with Gasteiger partial charge in [0.15, 0.2) is 11.5 Å². The summed E-state index contributed by atoms with van der Waals surface area (Å²) < 4.78 is 0. The highest BCUT2D eigenvalue weighted by Gasteiger charge is 2.23. The third kappa shape index (κ3) is 4.78. The molecule has 29 heavy (non-hydrogen) atoms. The van der Waals surface area contributed by atoms with Gasteiger partial charge in [-0.25, -0.2) is 0 Å². The number of hydrogen-bond donors (Lipinski definition) is 1. The Morgan fingerprint density at radius 2 is 1.62 bits per heavy atom. The maximum atomic E-state index is 12.8. The average Bonchev–Trinajstić information content (AvgIpc) is 2.77. The van der Waals surface area contributed by atoms with Crippen molar-refractivity contribution < 1.29 is 4.79 Å². The van der Waals surface area contributed by atoms with Crippen LogP contribution in [-0.2, 0) is 6.54 Å². The summed E-state index contributed by atoms with van der Waals surface area (Å²) in [5, 5.41) is 11.6. The topological polar surface area (TPSA) is 61.4 Å². The summed E-state index contributed by atoms with van der Waals surface area (Å²) in [6.07, 6.45) is 0. The van der Waals surface area contributed by atoms with E-state index in [0.717, 1.165) is 30.9 Å². The third-order valence-electron chi connectivity index (χ3n) is 5.20. The maximum absolute atomic E-state index is 12.8. The summed E-state index contributed by atoms with van der Waals surface area (Å²) in [5.74, 6) is 0.572. The molecule has 148 valence electrons. The average molecular weight is 387 g/mol. The number of carbonyl (C=O) groups excluding carboxylic acids is 1. The van der Waals surface area contributed by atoms with Gasteiger partial charge in [0.2, 0.25) is 0 Å². The van der Waals surface area contributed by atoms with Crippen molar-refractivity contribution in [1.82, 2.24) is 20.0 Å². The predicted molar refractivity (Wildman–Crippen MR) is 114 cm³/mol. The lowest BCUT2D eigenvalue weighted by molar-refractivity contribution is 0.0621. The second-order valence-electron chi connectivity index (χ2n) is 7.30. The highest BCUT2D eigenvalue weighted by molar-refractivity contribution is 5.92. The van der Waals surface area contributed by atoms with E-state index in [1.54, 1.807) is 12.1 Å². The Morgan fingerprint density at radius 3 is 2.31 bits per heavy atom. The lowest BCUT2D eigenvalue weighted by Crippen LogP contribution is -2.48. The van der Waals surface area contributed by atoms with Crippen molar-refractivity contribution in [2.24, 2.45) is 0 Å². The van der Waals surface area contributed by atoms with Crippen LogP contribution in [-0.4, -0.2) is 52.1 Å². The van der Waals surface area contributed by atoms with Gasteiger partial charge in [0.1, 0.15) is 0 Å². The van der Waals surface area contributed by atoms with Crippen LogP contribution in [0.25, 0.3) is 0 Å². The summed E-state index contributed by atoms with van der Waals surface area (Å²) in [6, 6.07) is 22.0. The molecule has 6 heteroatoms. The molecule has 1 aliphatic heterocycles. The van der Waals surface area contributed by atoms with E-state index in [9.17, 15) is 4.79 Å². The molecule has 1 fully saturated rings. The van der Waals surface area contributed by atoms with Gasteiger partial charge in [-0.2, -0.15) is 0 Å². The first-order valence-electron chi connectivity index (χ1n) is 9.91. The molecule has 0 spiro atoms. The first-order chi connectivity index (χ1) is 14.2. The fourth-order valence-corrected chi connectivity index (χ4v) is 3.48. The standard InChI is InChI=1S/C23H25N5O/c1-18-7-5-6-10-20(18)24-22-12-11-21(25-26-22)23(29)28-15-13-27(14-16-28)17-19-8-3-2-4-9-19/h2-12H,13-17H2,1H3,(H,24,26). The van der Waals surface area contributed by atoms with Gasteiger partial charge in [-0.1, -0.05) is 48.5 Å². The number of anilines is 2. The molecule has 2 heterocycles. The van der Waals surface area contributed by atoms with Crippen LogP contribution in [0.4, 0.5) is 11.5 Å². The van der Waals surface area contributed by atoms with E-state index < -0.39 is 0 Å². The van der Waals surface area contributed by atoms with Gasteiger partial charge in [0, 0.05) is 38.4 Å². The van der Waals surface area contributed by atoms with Gasteiger partial charge in [-0.3, -0.25) is 9.69 Å². The molecular formula is C23H25N5O. The second kappa shape index (κ2) is 8.84. The normalized spacial score (nSPS) is 14.6. The summed E-state index contributed by atoms with van der Waals surface area (Å²) in [7, 11) is 0. The number of amides is 1. The smallest absolute Gasteiger partial charge is 0.274 e. The Labute approximate surface area is 171 Å². The Morgan fingerprint density at radius 1 is 0.897 bits per heavy atom. The van der Waals surface area contributed by atoms with Gasteiger partial charge in [0.05, 0.1) is 0 Å². The van der Waals surface area contributed by atoms with Crippen LogP contribution in [0.2, 0.25) is 0 Å². The third-order valence-corrected chi connectivity index (χ3v) is 5.20. The van der Waals surface area contributed by atoms with Crippen LogP contribution in [0.5, 0.6) is 0 Å². The van der Waals surface area contributed by atoms with Crippen molar-refractivity contribution in [3.05, 3.63) is 83.6 Å². The molecule has 0 radical (unpaired) electrons. The first-order valence-corrected chi connectivity index (χ1v) is 9.91. The molecule has 1 aliphatic rings. The van der Waals surface area contributed by atoms with Crippen LogP contribution in [0.15, 0.2) is 66.7 Å². The quantitative estimate of drug-likeness (QED) is 0.726. The Bertz CT molecular complexity index is 951. The minimum atomic E-state index is -0.0562. The molecule has 1 saturated heterocycles. The minimum Gasteiger partial charge on any atom is -0.339 e. The lowest BCUT2D eigenvalue weighted by atomic mass is 10.2. The number of carbonyl (C=O) groups is 1. The molecule has 0 saturated carbocycles. The van der Waals surface area contributed by atoms with Crippen LogP contribution in [0, 0.1) is 6.92 Å². The van der Waals surface area contributed by atoms with E-state index in [-0.39, 0.29) is 5.91 Å². The molecule has 0 unspecified atom stereocenters. The fraction of sp³-hybridized carbons (Fsp3) is 0.261. The van der Waals surface area contributed by atoms with E-state index in [0.29, 0.717) is 24.6 Å². The molecular weight excluding hydrogens is 362 g/mol. The summed E-state index contributed by atoms with van der Waals surface area (Å²) in [4.78, 5) is 17.0.